The van der Waals surface area contributed by atoms with Crippen molar-refractivity contribution in [1.82, 2.24) is 14.9 Å². The molecule has 5 nitrogen and oxygen atoms in total. The number of rotatable bonds is 5. The smallest absolute Gasteiger partial charge is 0.213 e. The second kappa shape index (κ2) is 7.57. The van der Waals surface area contributed by atoms with E-state index in [1.165, 1.54) is 12.8 Å². The SMILES string of the molecule is O=S(=O)(CCN1CCNCC1)NC1CCCCCC1. The third kappa shape index (κ3) is 5.77. The first-order valence-corrected chi connectivity index (χ1v) is 9.24. The fourth-order valence-corrected chi connectivity index (χ4v) is 4.25. The fraction of sp³-hybridized carbons (Fsp3) is 1.00. The van der Waals surface area contributed by atoms with Crippen LogP contribution in [0.2, 0.25) is 0 Å². The van der Waals surface area contributed by atoms with Gasteiger partial charge in [0.15, 0.2) is 0 Å². The van der Waals surface area contributed by atoms with Crippen LogP contribution in [0.1, 0.15) is 38.5 Å². The number of piperazine rings is 1. The summed E-state index contributed by atoms with van der Waals surface area (Å²) in [6.45, 7) is 4.51. The normalized spacial score (nSPS) is 24.2. The standard InChI is InChI=1S/C13H27N3O2S/c17-19(18,12-11-16-9-7-14-8-10-16)15-13-5-3-1-2-4-6-13/h13-15H,1-12H2. The molecule has 0 unspecified atom stereocenters. The van der Waals surface area contributed by atoms with E-state index < -0.39 is 10.0 Å². The van der Waals surface area contributed by atoms with Gasteiger partial charge in [-0.2, -0.15) is 0 Å². The number of nitrogens with zero attached hydrogens (tertiary/aromatic N) is 1. The van der Waals surface area contributed by atoms with Crippen molar-refractivity contribution in [2.75, 3.05) is 38.5 Å². The highest BCUT2D eigenvalue weighted by molar-refractivity contribution is 7.89. The molecule has 1 saturated carbocycles. The minimum atomic E-state index is -3.11. The van der Waals surface area contributed by atoms with Gasteiger partial charge in [0.05, 0.1) is 5.75 Å². The first-order valence-electron chi connectivity index (χ1n) is 7.59. The van der Waals surface area contributed by atoms with Crippen molar-refractivity contribution in [3.05, 3.63) is 0 Å². The molecule has 0 aromatic rings. The molecule has 1 saturated heterocycles. The predicted molar refractivity (Wildman–Crippen MR) is 77.7 cm³/mol. The average Bonchev–Trinajstić information content (AvgIpc) is 2.66. The van der Waals surface area contributed by atoms with E-state index >= 15 is 0 Å². The molecule has 2 N–H and O–H groups in total. The highest BCUT2D eigenvalue weighted by Crippen LogP contribution is 2.17. The molecule has 19 heavy (non-hydrogen) atoms. The van der Waals surface area contributed by atoms with Crippen LogP contribution in [0, 0.1) is 0 Å². The first-order chi connectivity index (χ1) is 9.16. The Hall–Kier alpha value is -0.170. The lowest BCUT2D eigenvalue weighted by molar-refractivity contribution is 0.253. The van der Waals surface area contributed by atoms with Gasteiger partial charge in [-0.25, -0.2) is 13.1 Å². The molecule has 0 aromatic heterocycles. The third-order valence-electron chi connectivity index (χ3n) is 4.09. The van der Waals surface area contributed by atoms with E-state index in [0.29, 0.717) is 6.54 Å². The number of hydrogen-bond donors (Lipinski definition) is 2. The summed E-state index contributed by atoms with van der Waals surface area (Å²) in [4.78, 5) is 2.23. The molecular weight excluding hydrogens is 262 g/mol. The van der Waals surface area contributed by atoms with Crippen molar-refractivity contribution < 1.29 is 8.42 Å². The summed E-state index contributed by atoms with van der Waals surface area (Å²) in [6.07, 6.45) is 6.83. The number of hydrogen-bond acceptors (Lipinski definition) is 4. The minimum Gasteiger partial charge on any atom is -0.314 e. The summed E-state index contributed by atoms with van der Waals surface area (Å²) in [7, 11) is -3.11. The zero-order valence-corrected chi connectivity index (χ0v) is 12.6. The lowest BCUT2D eigenvalue weighted by Gasteiger charge is -2.27. The molecular formula is C13H27N3O2S. The predicted octanol–water partition coefficient (Wildman–Crippen LogP) is 0.534. The number of nitrogens with one attached hydrogen (secondary N) is 2. The second-order valence-corrected chi connectivity index (χ2v) is 7.59. The Bertz CT molecular complexity index is 345. The van der Waals surface area contributed by atoms with E-state index in [0.717, 1.165) is 51.9 Å². The maximum atomic E-state index is 12.1. The van der Waals surface area contributed by atoms with Crippen LogP contribution in [0.5, 0.6) is 0 Å². The maximum Gasteiger partial charge on any atom is 0.213 e. The topological polar surface area (TPSA) is 61.4 Å². The Morgan fingerprint density at radius 2 is 1.68 bits per heavy atom. The van der Waals surface area contributed by atoms with Crippen LogP contribution in [0.3, 0.4) is 0 Å². The summed E-state index contributed by atoms with van der Waals surface area (Å²) < 4.78 is 27.1. The van der Waals surface area contributed by atoms with E-state index in [9.17, 15) is 8.42 Å². The molecule has 2 rings (SSSR count). The molecule has 0 amide bonds. The molecule has 1 heterocycles. The van der Waals surface area contributed by atoms with E-state index in [1.807, 2.05) is 0 Å². The van der Waals surface area contributed by atoms with Crippen molar-refractivity contribution in [2.24, 2.45) is 0 Å². The van der Waals surface area contributed by atoms with Crippen molar-refractivity contribution in [3.63, 3.8) is 0 Å². The summed E-state index contributed by atoms with van der Waals surface area (Å²) >= 11 is 0. The summed E-state index contributed by atoms with van der Waals surface area (Å²) in [5, 5.41) is 3.28. The molecule has 0 bridgehead atoms. The Morgan fingerprint density at radius 3 is 2.32 bits per heavy atom. The lowest BCUT2D eigenvalue weighted by Crippen LogP contribution is -2.46. The zero-order chi connectivity index (χ0) is 13.6. The lowest BCUT2D eigenvalue weighted by atomic mass is 10.1. The van der Waals surface area contributed by atoms with E-state index in [4.69, 9.17) is 0 Å². The average molecular weight is 289 g/mol. The molecule has 6 heteroatoms. The first kappa shape index (κ1) is 15.2. The van der Waals surface area contributed by atoms with E-state index in [1.54, 1.807) is 0 Å². The van der Waals surface area contributed by atoms with Gasteiger partial charge in [0.25, 0.3) is 0 Å². The third-order valence-corrected chi connectivity index (χ3v) is 5.50. The molecule has 2 aliphatic rings. The van der Waals surface area contributed by atoms with Crippen LogP contribution in [-0.2, 0) is 10.0 Å². The van der Waals surface area contributed by atoms with Gasteiger partial charge >= 0.3 is 0 Å². The van der Waals surface area contributed by atoms with Gasteiger partial charge in [-0.05, 0) is 12.8 Å². The minimum absolute atomic E-state index is 0.176. The van der Waals surface area contributed by atoms with Crippen LogP contribution in [0.25, 0.3) is 0 Å². The maximum absolute atomic E-state index is 12.1. The van der Waals surface area contributed by atoms with Gasteiger partial charge in [0.2, 0.25) is 10.0 Å². The summed E-state index contributed by atoms with van der Waals surface area (Å²) in [5.74, 6) is 0.240. The van der Waals surface area contributed by atoms with Crippen LogP contribution >= 0.6 is 0 Å². The monoisotopic (exact) mass is 289 g/mol. The molecule has 1 aliphatic heterocycles. The Balaban J connectivity index is 1.73. The second-order valence-electron chi connectivity index (χ2n) is 5.72. The largest absolute Gasteiger partial charge is 0.314 e. The highest BCUT2D eigenvalue weighted by atomic mass is 32.2. The Kier molecular flexibility index (Phi) is 6.06. The summed E-state index contributed by atoms with van der Waals surface area (Å²) in [5.41, 5.74) is 0. The van der Waals surface area contributed by atoms with Gasteiger partial charge in [-0.1, -0.05) is 25.7 Å². The van der Waals surface area contributed by atoms with Crippen LogP contribution < -0.4 is 10.0 Å². The van der Waals surface area contributed by atoms with Crippen molar-refractivity contribution in [3.8, 4) is 0 Å². The fourth-order valence-electron chi connectivity index (χ4n) is 2.89. The van der Waals surface area contributed by atoms with Gasteiger partial charge in [-0.15, -0.1) is 0 Å². The molecule has 0 atom stereocenters. The number of sulfonamides is 1. The van der Waals surface area contributed by atoms with Gasteiger partial charge in [-0.3, -0.25) is 4.90 Å². The van der Waals surface area contributed by atoms with Gasteiger partial charge < -0.3 is 5.32 Å². The van der Waals surface area contributed by atoms with Crippen molar-refractivity contribution in [2.45, 2.75) is 44.6 Å². The van der Waals surface area contributed by atoms with Crippen LogP contribution in [-0.4, -0.2) is 57.8 Å². The zero-order valence-electron chi connectivity index (χ0n) is 11.7. The van der Waals surface area contributed by atoms with Crippen LogP contribution in [0.15, 0.2) is 0 Å². The Morgan fingerprint density at radius 1 is 1.05 bits per heavy atom. The van der Waals surface area contributed by atoms with Gasteiger partial charge in [0, 0.05) is 38.8 Å². The van der Waals surface area contributed by atoms with Crippen molar-refractivity contribution >= 4 is 10.0 Å². The molecule has 0 aromatic carbocycles. The van der Waals surface area contributed by atoms with Crippen molar-refractivity contribution in [1.29, 1.82) is 0 Å². The van der Waals surface area contributed by atoms with E-state index in [2.05, 4.69) is 14.9 Å². The molecule has 1 aliphatic carbocycles. The summed E-state index contributed by atoms with van der Waals surface area (Å²) in [6, 6.07) is 0.176. The molecule has 0 spiro atoms. The quantitative estimate of drug-likeness (QED) is 0.725. The van der Waals surface area contributed by atoms with Gasteiger partial charge in [0.1, 0.15) is 0 Å². The Labute approximate surface area is 117 Å². The van der Waals surface area contributed by atoms with E-state index in [-0.39, 0.29) is 11.8 Å². The molecule has 2 fully saturated rings. The molecule has 112 valence electrons. The highest BCUT2D eigenvalue weighted by Gasteiger charge is 2.20. The molecule has 0 radical (unpaired) electrons. The van der Waals surface area contributed by atoms with Crippen LogP contribution in [0.4, 0.5) is 0 Å².